The molecule has 3 heteroatoms. The fourth-order valence-corrected chi connectivity index (χ4v) is 2.46. The van der Waals surface area contributed by atoms with E-state index in [1.54, 1.807) is 0 Å². The highest BCUT2D eigenvalue weighted by Crippen LogP contribution is 2.45. The summed E-state index contributed by atoms with van der Waals surface area (Å²) in [6.45, 7) is 7.86. The second kappa shape index (κ2) is 5.33. The molecule has 0 aromatic heterocycles. The molecule has 104 valence electrons. The standard InChI is InChI=1S/C16H23NO2/c1-11-8-13(3)14(9-12(11)2)4-7-17-10-16(5-6-16)15(18)19/h8-9,17H,4-7,10H2,1-3H3,(H,18,19). The van der Waals surface area contributed by atoms with Gasteiger partial charge in [0, 0.05) is 6.54 Å². The summed E-state index contributed by atoms with van der Waals surface area (Å²) in [6.07, 6.45) is 2.60. The Kier molecular flexibility index (Phi) is 3.95. The summed E-state index contributed by atoms with van der Waals surface area (Å²) in [5.41, 5.74) is 4.87. The van der Waals surface area contributed by atoms with Gasteiger partial charge in [-0.25, -0.2) is 0 Å². The maximum absolute atomic E-state index is 11.0. The fourth-order valence-electron chi connectivity index (χ4n) is 2.46. The van der Waals surface area contributed by atoms with Crippen molar-refractivity contribution >= 4 is 5.97 Å². The second-order valence-corrected chi connectivity index (χ2v) is 5.88. The Labute approximate surface area is 115 Å². The largest absolute Gasteiger partial charge is 0.481 e. The van der Waals surface area contributed by atoms with Crippen molar-refractivity contribution in [3.63, 3.8) is 0 Å². The quantitative estimate of drug-likeness (QED) is 0.774. The van der Waals surface area contributed by atoms with Crippen LogP contribution in [0.1, 0.15) is 35.1 Å². The predicted octanol–water partition coefficient (Wildman–Crippen LogP) is 2.61. The lowest BCUT2D eigenvalue weighted by Crippen LogP contribution is -2.31. The van der Waals surface area contributed by atoms with Crippen LogP contribution in [0.2, 0.25) is 0 Å². The highest BCUT2D eigenvalue weighted by atomic mass is 16.4. The molecule has 0 aliphatic heterocycles. The number of hydrogen-bond donors (Lipinski definition) is 2. The van der Waals surface area contributed by atoms with E-state index >= 15 is 0 Å². The molecule has 0 saturated heterocycles. The normalized spacial score (nSPS) is 16.4. The van der Waals surface area contributed by atoms with Gasteiger partial charge in [-0.3, -0.25) is 4.79 Å². The maximum Gasteiger partial charge on any atom is 0.310 e. The molecule has 1 fully saturated rings. The van der Waals surface area contributed by atoms with E-state index in [9.17, 15) is 4.79 Å². The summed E-state index contributed by atoms with van der Waals surface area (Å²) in [4.78, 5) is 11.0. The summed E-state index contributed by atoms with van der Waals surface area (Å²) >= 11 is 0. The number of aliphatic carboxylic acids is 1. The molecule has 2 N–H and O–H groups in total. The van der Waals surface area contributed by atoms with Crippen molar-refractivity contribution in [2.45, 2.75) is 40.0 Å². The first kappa shape index (κ1) is 14.1. The van der Waals surface area contributed by atoms with E-state index in [0.29, 0.717) is 6.54 Å². The van der Waals surface area contributed by atoms with Crippen LogP contribution in [0.3, 0.4) is 0 Å². The molecule has 1 aromatic rings. The van der Waals surface area contributed by atoms with Gasteiger partial charge < -0.3 is 10.4 Å². The van der Waals surface area contributed by atoms with E-state index in [2.05, 4.69) is 38.2 Å². The maximum atomic E-state index is 11.0. The van der Waals surface area contributed by atoms with Crippen molar-refractivity contribution in [2.75, 3.05) is 13.1 Å². The van der Waals surface area contributed by atoms with Crippen molar-refractivity contribution < 1.29 is 9.90 Å². The van der Waals surface area contributed by atoms with E-state index in [0.717, 1.165) is 25.8 Å². The number of aryl methyl sites for hydroxylation is 3. The van der Waals surface area contributed by atoms with Crippen LogP contribution in [0.4, 0.5) is 0 Å². The molecule has 0 unspecified atom stereocenters. The Morgan fingerprint density at radius 2 is 1.84 bits per heavy atom. The highest BCUT2D eigenvalue weighted by molar-refractivity contribution is 5.78. The molecule has 3 nitrogen and oxygen atoms in total. The Bertz CT molecular complexity index is 490. The van der Waals surface area contributed by atoms with Crippen LogP contribution in [0, 0.1) is 26.2 Å². The van der Waals surface area contributed by atoms with Crippen LogP contribution in [0.25, 0.3) is 0 Å². The number of benzene rings is 1. The number of carboxylic acids is 1. The smallest absolute Gasteiger partial charge is 0.310 e. The van der Waals surface area contributed by atoms with Crippen LogP contribution in [0.5, 0.6) is 0 Å². The van der Waals surface area contributed by atoms with E-state index in [1.807, 2.05) is 0 Å². The molecule has 0 radical (unpaired) electrons. The number of rotatable bonds is 6. The van der Waals surface area contributed by atoms with Crippen LogP contribution < -0.4 is 5.32 Å². The minimum absolute atomic E-state index is 0.460. The average Bonchev–Trinajstić information content (AvgIpc) is 3.12. The van der Waals surface area contributed by atoms with Gasteiger partial charge in [0.1, 0.15) is 0 Å². The lowest BCUT2D eigenvalue weighted by molar-refractivity contribution is -0.143. The summed E-state index contributed by atoms with van der Waals surface area (Å²) in [5, 5.41) is 12.4. The first-order valence-corrected chi connectivity index (χ1v) is 6.95. The zero-order chi connectivity index (χ0) is 14.0. The third kappa shape index (κ3) is 3.16. The van der Waals surface area contributed by atoms with Gasteiger partial charge in [0.2, 0.25) is 0 Å². The minimum Gasteiger partial charge on any atom is -0.481 e. The van der Waals surface area contributed by atoms with Gasteiger partial charge in [-0.15, -0.1) is 0 Å². The Morgan fingerprint density at radius 1 is 1.21 bits per heavy atom. The Hall–Kier alpha value is -1.35. The summed E-state index contributed by atoms with van der Waals surface area (Å²) in [5.74, 6) is -0.651. The third-order valence-corrected chi connectivity index (χ3v) is 4.29. The van der Waals surface area contributed by atoms with E-state index in [-0.39, 0.29) is 0 Å². The number of carbonyl (C=O) groups is 1. The van der Waals surface area contributed by atoms with Crippen LogP contribution >= 0.6 is 0 Å². The molecular formula is C16H23NO2. The molecule has 19 heavy (non-hydrogen) atoms. The molecule has 1 saturated carbocycles. The Balaban J connectivity index is 1.83. The highest BCUT2D eigenvalue weighted by Gasteiger charge is 2.49. The lowest BCUT2D eigenvalue weighted by Gasteiger charge is -2.13. The van der Waals surface area contributed by atoms with Crippen molar-refractivity contribution in [2.24, 2.45) is 5.41 Å². The van der Waals surface area contributed by atoms with Crippen LogP contribution in [-0.4, -0.2) is 24.2 Å². The minimum atomic E-state index is -0.651. The predicted molar refractivity (Wildman–Crippen MR) is 76.5 cm³/mol. The van der Waals surface area contributed by atoms with Gasteiger partial charge in [0.25, 0.3) is 0 Å². The topological polar surface area (TPSA) is 49.3 Å². The van der Waals surface area contributed by atoms with Gasteiger partial charge in [-0.05, 0) is 68.8 Å². The van der Waals surface area contributed by atoms with Gasteiger partial charge in [-0.1, -0.05) is 12.1 Å². The lowest BCUT2D eigenvalue weighted by atomic mass is 9.99. The van der Waals surface area contributed by atoms with Crippen molar-refractivity contribution in [3.05, 3.63) is 34.4 Å². The van der Waals surface area contributed by atoms with Crippen molar-refractivity contribution in [1.29, 1.82) is 0 Å². The number of carboxylic acid groups (broad SMARTS) is 1. The zero-order valence-electron chi connectivity index (χ0n) is 12.0. The monoisotopic (exact) mass is 261 g/mol. The molecule has 2 rings (SSSR count). The molecular weight excluding hydrogens is 238 g/mol. The van der Waals surface area contributed by atoms with Crippen molar-refractivity contribution in [1.82, 2.24) is 5.32 Å². The zero-order valence-corrected chi connectivity index (χ0v) is 12.0. The molecule has 1 aliphatic carbocycles. The SMILES string of the molecule is Cc1cc(C)c(CCNCC2(C(=O)O)CC2)cc1C. The fraction of sp³-hybridized carbons (Fsp3) is 0.562. The molecule has 0 bridgehead atoms. The first-order valence-electron chi connectivity index (χ1n) is 6.95. The van der Waals surface area contributed by atoms with E-state index in [4.69, 9.17) is 5.11 Å². The van der Waals surface area contributed by atoms with Gasteiger partial charge in [0.05, 0.1) is 5.41 Å². The van der Waals surface area contributed by atoms with Gasteiger partial charge in [0.15, 0.2) is 0 Å². The van der Waals surface area contributed by atoms with Crippen LogP contribution in [0.15, 0.2) is 12.1 Å². The third-order valence-electron chi connectivity index (χ3n) is 4.29. The van der Waals surface area contributed by atoms with Gasteiger partial charge >= 0.3 is 5.97 Å². The van der Waals surface area contributed by atoms with Crippen LogP contribution in [-0.2, 0) is 11.2 Å². The molecule has 0 amide bonds. The van der Waals surface area contributed by atoms with Gasteiger partial charge in [-0.2, -0.15) is 0 Å². The Morgan fingerprint density at radius 3 is 2.42 bits per heavy atom. The van der Waals surface area contributed by atoms with Crippen molar-refractivity contribution in [3.8, 4) is 0 Å². The molecule has 0 spiro atoms. The molecule has 1 aromatic carbocycles. The molecule has 1 aliphatic rings. The number of nitrogens with one attached hydrogen (secondary N) is 1. The summed E-state index contributed by atoms with van der Waals surface area (Å²) in [6, 6.07) is 4.47. The molecule has 0 heterocycles. The summed E-state index contributed by atoms with van der Waals surface area (Å²) in [7, 11) is 0. The summed E-state index contributed by atoms with van der Waals surface area (Å²) < 4.78 is 0. The second-order valence-electron chi connectivity index (χ2n) is 5.88. The van der Waals surface area contributed by atoms with E-state index < -0.39 is 11.4 Å². The first-order chi connectivity index (χ1) is 8.94. The van der Waals surface area contributed by atoms with E-state index in [1.165, 1.54) is 22.3 Å². The number of hydrogen-bond acceptors (Lipinski definition) is 2. The molecule has 0 atom stereocenters. The average molecular weight is 261 g/mol.